The summed E-state index contributed by atoms with van der Waals surface area (Å²) in [4.78, 5) is -1.08. The maximum absolute atomic E-state index is 10.7. The zero-order valence-corrected chi connectivity index (χ0v) is 6.13. The second-order valence-corrected chi connectivity index (χ2v) is 2.24. The van der Waals surface area contributed by atoms with Crippen molar-refractivity contribution in [1.82, 2.24) is 0 Å². The molecule has 3 heteroatoms. The van der Waals surface area contributed by atoms with E-state index in [9.17, 15) is 5.21 Å². The van der Waals surface area contributed by atoms with E-state index in [-0.39, 0.29) is 6.54 Å². The molecule has 0 radical (unpaired) electrons. The first-order valence-corrected chi connectivity index (χ1v) is 3.43. The molecule has 0 amide bonds. The van der Waals surface area contributed by atoms with Gasteiger partial charge in [0.15, 0.2) is 0 Å². The first kappa shape index (κ1) is 8.88. The zero-order valence-electron chi connectivity index (χ0n) is 6.13. The molecule has 0 heterocycles. The van der Waals surface area contributed by atoms with E-state index in [1.54, 1.807) is 6.92 Å². The van der Waals surface area contributed by atoms with Crippen molar-refractivity contribution in [3.8, 4) is 0 Å². The van der Waals surface area contributed by atoms with Crippen LogP contribution in [0.25, 0.3) is 0 Å². The molecule has 0 aliphatic carbocycles. The molecule has 0 aromatic carbocycles. The highest BCUT2D eigenvalue weighted by Gasteiger charge is 2.07. The minimum atomic E-state index is -1.08. The molecule has 0 aliphatic rings. The molecule has 0 aromatic heterocycles. The monoisotopic (exact) mass is 133 g/mol. The molecule has 0 saturated heterocycles. The molecule has 1 atom stereocenters. The van der Waals surface area contributed by atoms with Gasteiger partial charge in [0.1, 0.15) is 13.1 Å². The average Bonchev–Trinajstić information content (AvgIpc) is 1.84. The lowest BCUT2D eigenvalue weighted by Gasteiger charge is -2.31. The fourth-order valence-corrected chi connectivity index (χ4v) is 0.563. The molecule has 0 aliphatic heterocycles. The van der Waals surface area contributed by atoms with E-state index in [1.165, 1.54) is 0 Å². The van der Waals surface area contributed by atoms with Gasteiger partial charge in [0, 0.05) is 0 Å². The van der Waals surface area contributed by atoms with Crippen molar-refractivity contribution < 1.29 is 10.0 Å². The molecule has 1 unspecified atom stereocenters. The van der Waals surface area contributed by atoms with Crippen molar-refractivity contribution in [3.05, 3.63) is 5.21 Å². The quantitative estimate of drug-likeness (QED) is 0.466. The van der Waals surface area contributed by atoms with Gasteiger partial charge >= 0.3 is 0 Å². The van der Waals surface area contributed by atoms with Gasteiger partial charge in [-0.2, -0.15) is 0 Å². The van der Waals surface area contributed by atoms with Gasteiger partial charge in [0.05, 0.1) is 0 Å². The molecule has 0 aromatic rings. The Morgan fingerprint density at radius 2 is 2.00 bits per heavy atom. The van der Waals surface area contributed by atoms with Crippen molar-refractivity contribution >= 4 is 0 Å². The van der Waals surface area contributed by atoms with Crippen LogP contribution < -0.4 is 0 Å². The summed E-state index contributed by atoms with van der Waals surface area (Å²) < 4.78 is 0. The van der Waals surface area contributed by atoms with Crippen molar-refractivity contribution in [1.29, 1.82) is 0 Å². The van der Waals surface area contributed by atoms with Crippen molar-refractivity contribution in [2.45, 2.75) is 26.7 Å². The molecule has 9 heavy (non-hydrogen) atoms. The fraction of sp³-hybridized carbons (Fsp3) is 1.00. The smallest absolute Gasteiger partial charge is 0.108 e. The number of quaternary nitrogens is 1. The lowest BCUT2D eigenvalue weighted by molar-refractivity contribution is -1.06. The normalized spacial score (nSPS) is 17.3. The van der Waals surface area contributed by atoms with Gasteiger partial charge in [0.25, 0.3) is 0 Å². The van der Waals surface area contributed by atoms with Crippen LogP contribution in [0.3, 0.4) is 0 Å². The van der Waals surface area contributed by atoms with Gasteiger partial charge in [-0.3, -0.25) is 0 Å². The number of rotatable bonds is 4. The van der Waals surface area contributed by atoms with Gasteiger partial charge in [-0.25, -0.2) is 10.0 Å². The van der Waals surface area contributed by atoms with Gasteiger partial charge in [0.2, 0.25) is 0 Å². The Morgan fingerprint density at radius 3 is 2.33 bits per heavy atom. The van der Waals surface area contributed by atoms with E-state index in [0.717, 1.165) is 12.8 Å². The van der Waals surface area contributed by atoms with E-state index in [1.807, 2.05) is 6.92 Å². The number of hydroxylamine groups is 4. The predicted octanol–water partition coefficient (Wildman–Crippen LogP) is 1.51. The van der Waals surface area contributed by atoms with E-state index in [4.69, 9.17) is 5.21 Å². The highest BCUT2D eigenvalue weighted by atomic mass is 16.8. The van der Waals surface area contributed by atoms with E-state index < -0.39 is 4.81 Å². The van der Waals surface area contributed by atoms with Crippen LogP contribution in [0.4, 0.5) is 0 Å². The summed E-state index contributed by atoms with van der Waals surface area (Å²) in [6.45, 7) is 4.26. The third-order valence-corrected chi connectivity index (χ3v) is 1.36. The van der Waals surface area contributed by atoms with E-state index in [2.05, 4.69) is 0 Å². The fourth-order valence-electron chi connectivity index (χ4n) is 0.563. The molecule has 1 N–H and O–H groups in total. The molecule has 0 saturated carbocycles. The molecular weight excluding hydrogens is 118 g/mol. The molecule has 56 valence electrons. The summed E-state index contributed by atoms with van der Waals surface area (Å²) in [7, 11) is 0. The maximum Gasteiger partial charge on any atom is 0.108 e. The minimum Gasteiger partial charge on any atom is -0.598 e. The Bertz CT molecular complexity index is 73.5. The Labute approximate surface area is 56.0 Å². The Balaban J connectivity index is 3.33. The second-order valence-electron chi connectivity index (χ2n) is 2.24. The second kappa shape index (κ2) is 3.82. The summed E-state index contributed by atoms with van der Waals surface area (Å²) in [5, 5.41) is 19.6. The SMILES string of the molecule is CCCC[N+]([O-])(O)CC. The number of nitrogens with zero attached hydrogens (tertiary/aromatic N) is 1. The molecule has 0 fully saturated rings. The highest BCUT2D eigenvalue weighted by Crippen LogP contribution is 2.00. The molecule has 3 nitrogen and oxygen atoms in total. The maximum atomic E-state index is 10.7. The van der Waals surface area contributed by atoms with Crippen LogP contribution in [0, 0.1) is 5.21 Å². The standard InChI is InChI=1S/C6H15NO2/c1-3-5-6-7(8,9)4-2/h8H,3-6H2,1-2H3. The first-order chi connectivity index (χ1) is 4.12. The lowest BCUT2D eigenvalue weighted by atomic mass is 10.3. The summed E-state index contributed by atoms with van der Waals surface area (Å²) in [6.07, 6.45) is 1.76. The van der Waals surface area contributed by atoms with Crippen molar-refractivity contribution in [3.63, 3.8) is 0 Å². The van der Waals surface area contributed by atoms with Crippen LogP contribution in [0.1, 0.15) is 26.7 Å². The zero-order chi connectivity index (χ0) is 7.33. The third kappa shape index (κ3) is 4.39. The van der Waals surface area contributed by atoms with Crippen LogP contribution in [-0.2, 0) is 0 Å². The summed E-state index contributed by atoms with van der Waals surface area (Å²) >= 11 is 0. The first-order valence-electron chi connectivity index (χ1n) is 3.43. The summed E-state index contributed by atoms with van der Waals surface area (Å²) in [6, 6.07) is 0. The lowest BCUT2D eigenvalue weighted by Crippen LogP contribution is -2.38. The number of hydrogen-bond donors (Lipinski definition) is 1. The Morgan fingerprint density at radius 1 is 1.44 bits per heavy atom. The summed E-state index contributed by atoms with van der Waals surface area (Å²) in [5.74, 6) is 0. The van der Waals surface area contributed by atoms with Crippen LogP contribution in [0.5, 0.6) is 0 Å². The Hall–Kier alpha value is -0.120. The van der Waals surface area contributed by atoms with Crippen LogP contribution in [0.15, 0.2) is 0 Å². The van der Waals surface area contributed by atoms with Gasteiger partial charge in [-0.05, 0) is 13.3 Å². The van der Waals surface area contributed by atoms with Crippen LogP contribution >= 0.6 is 0 Å². The van der Waals surface area contributed by atoms with Gasteiger partial charge < -0.3 is 5.21 Å². The third-order valence-electron chi connectivity index (χ3n) is 1.36. The van der Waals surface area contributed by atoms with Crippen LogP contribution in [0.2, 0.25) is 0 Å². The molecular formula is C6H15NO2. The topological polar surface area (TPSA) is 43.3 Å². The largest absolute Gasteiger partial charge is 0.598 e. The molecule has 0 bridgehead atoms. The van der Waals surface area contributed by atoms with Gasteiger partial charge in [-0.1, -0.05) is 13.3 Å². The average molecular weight is 133 g/mol. The van der Waals surface area contributed by atoms with E-state index in [0.29, 0.717) is 6.54 Å². The van der Waals surface area contributed by atoms with Crippen molar-refractivity contribution in [2.75, 3.05) is 13.1 Å². The van der Waals surface area contributed by atoms with E-state index >= 15 is 0 Å². The van der Waals surface area contributed by atoms with Gasteiger partial charge in [-0.15, -0.1) is 0 Å². The predicted molar refractivity (Wildman–Crippen MR) is 35.7 cm³/mol. The highest BCUT2D eigenvalue weighted by molar-refractivity contribution is 4.32. The minimum absolute atomic E-state index is 0.250. The number of hydrogen-bond acceptors (Lipinski definition) is 2. The Kier molecular flexibility index (Phi) is 3.77. The summed E-state index contributed by atoms with van der Waals surface area (Å²) in [5.41, 5.74) is 0. The number of unbranched alkanes of at least 4 members (excludes halogenated alkanes) is 1. The molecule has 0 spiro atoms. The van der Waals surface area contributed by atoms with Crippen LogP contribution in [-0.4, -0.2) is 23.1 Å². The van der Waals surface area contributed by atoms with Crippen molar-refractivity contribution in [2.24, 2.45) is 0 Å². The molecule has 0 rings (SSSR count).